The van der Waals surface area contributed by atoms with Gasteiger partial charge in [-0.3, -0.25) is 0 Å². The maximum atomic E-state index is 3.57. The van der Waals surface area contributed by atoms with Crippen LogP contribution >= 0.6 is 0 Å². The van der Waals surface area contributed by atoms with Crippen LogP contribution in [0.3, 0.4) is 0 Å². The zero-order valence-electron chi connectivity index (χ0n) is 12.0. The van der Waals surface area contributed by atoms with Crippen molar-refractivity contribution in [1.82, 2.24) is 10.2 Å². The van der Waals surface area contributed by atoms with Crippen molar-refractivity contribution in [3.8, 4) is 0 Å². The van der Waals surface area contributed by atoms with Crippen LogP contribution in [-0.2, 0) is 0 Å². The Balaban J connectivity index is 1.84. The average Bonchev–Trinajstić information content (AvgIpc) is 2.29. The maximum absolute atomic E-state index is 3.57. The van der Waals surface area contributed by atoms with Gasteiger partial charge >= 0.3 is 0 Å². The highest BCUT2D eigenvalue weighted by Gasteiger charge is 2.31. The van der Waals surface area contributed by atoms with E-state index >= 15 is 0 Å². The van der Waals surface area contributed by atoms with E-state index in [4.69, 9.17) is 0 Å². The summed E-state index contributed by atoms with van der Waals surface area (Å²) in [5, 5.41) is 3.57. The number of hydrogen-bond acceptors (Lipinski definition) is 2. The maximum Gasteiger partial charge on any atom is 0.00949 e. The Morgan fingerprint density at radius 2 is 2.12 bits per heavy atom. The number of hydrogen-bond donors (Lipinski definition) is 1. The van der Waals surface area contributed by atoms with E-state index in [0.29, 0.717) is 5.41 Å². The third-order valence-corrected chi connectivity index (χ3v) is 4.85. The van der Waals surface area contributed by atoms with Crippen LogP contribution in [-0.4, -0.2) is 37.6 Å². The minimum Gasteiger partial charge on any atom is -0.316 e. The molecule has 0 spiro atoms. The zero-order valence-corrected chi connectivity index (χ0v) is 12.0. The van der Waals surface area contributed by atoms with Crippen molar-refractivity contribution in [2.45, 2.75) is 58.4 Å². The summed E-state index contributed by atoms with van der Waals surface area (Å²) in [5.74, 6) is 0.938. The Hall–Kier alpha value is -0.0800. The van der Waals surface area contributed by atoms with Crippen LogP contribution < -0.4 is 5.32 Å². The lowest BCUT2D eigenvalue weighted by Gasteiger charge is -2.42. The molecule has 2 fully saturated rings. The third kappa shape index (κ3) is 3.69. The second-order valence-corrected chi connectivity index (χ2v) is 6.93. The van der Waals surface area contributed by atoms with Gasteiger partial charge in [0.05, 0.1) is 0 Å². The summed E-state index contributed by atoms with van der Waals surface area (Å²) in [4.78, 5) is 2.66. The molecule has 1 heterocycles. The van der Waals surface area contributed by atoms with Crippen molar-refractivity contribution >= 4 is 0 Å². The molecule has 2 rings (SSSR count). The van der Waals surface area contributed by atoms with Crippen molar-refractivity contribution in [1.29, 1.82) is 0 Å². The molecular formula is C15H30N2. The van der Waals surface area contributed by atoms with E-state index in [9.17, 15) is 0 Å². The standard InChI is InChI=1S/C15H30N2/c1-13-6-4-7-14(10-13)17(3)12-15(2)8-5-9-16-11-15/h13-14,16H,4-12H2,1-3H3. The molecule has 1 aliphatic heterocycles. The van der Waals surface area contributed by atoms with E-state index in [1.165, 1.54) is 58.2 Å². The highest BCUT2D eigenvalue weighted by atomic mass is 15.1. The summed E-state index contributed by atoms with van der Waals surface area (Å²) in [5.41, 5.74) is 0.508. The number of piperidine rings is 1. The first-order valence-corrected chi connectivity index (χ1v) is 7.50. The second-order valence-electron chi connectivity index (χ2n) is 6.93. The van der Waals surface area contributed by atoms with Crippen LogP contribution in [0.4, 0.5) is 0 Å². The van der Waals surface area contributed by atoms with Gasteiger partial charge in [-0.1, -0.05) is 26.7 Å². The fraction of sp³-hybridized carbons (Fsp3) is 1.00. The molecule has 2 nitrogen and oxygen atoms in total. The van der Waals surface area contributed by atoms with Crippen LogP contribution in [0.15, 0.2) is 0 Å². The molecule has 2 aliphatic rings. The van der Waals surface area contributed by atoms with Gasteiger partial charge < -0.3 is 10.2 Å². The summed E-state index contributed by atoms with van der Waals surface area (Å²) < 4.78 is 0. The van der Waals surface area contributed by atoms with Gasteiger partial charge in [-0.25, -0.2) is 0 Å². The van der Waals surface area contributed by atoms with Gasteiger partial charge in [-0.2, -0.15) is 0 Å². The van der Waals surface area contributed by atoms with Crippen LogP contribution in [0.25, 0.3) is 0 Å². The van der Waals surface area contributed by atoms with Gasteiger partial charge in [0.1, 0.15) is 0 Å². The molecule has 3 unspecified atom stereocenters. The molecule has 0 aromatic heterocycles. The first kappa shape index (κ1) is 13.4. The Morgan fingerprint density at radius 3 is 2.76 bits per heavy atom. The van der Waals surface area contributed by atoms with Gasteiger partial charge in [0, 0.05) is 19.1 Å². The van der Waals surface area contributed by atoms with Crippen LogP contribution in [0.5, 0.6) is 0 Å². The Kier molecular flexibility index (Phi) is 4.48. The van der Waals surface area contributed by atoms with E-state index < -0.39 is 0 Å². The summed E-state index contributed by atoms with van der Waals surface area (Å²) in [6.07, 6.45) is 8.47. The topological polar surface area (TPSA) is 15.3 Å². The third-order valence-electron chi connectivity index (χ3n) is 4.85. The van der Waals surface area contributed by atoms with Crippen molar-refractivity contribution in [3.63, 3.8) is 0 Å². The van der Waals surface area contributed by atoms with E-state index in [1.54, 1.807) is 0 Å². The lowest BCUT2D eigenvalue weighted by atomic mass is 9.80. The van der Waals surface area contributed by atoms with E-state index in [1.807, 2.05) is 0 Å². The molecule has 0 aromatic rings. The number of nitrogens with one attached hydrogen (secondary N) is 1. The smallest absolute Gasteiger partial charge is 0.00949 e. The minimum atomic E-state index is 0.508. The molecule has 0 amide bonds. The largest absolute Gasteiger partial charge is 0.316 e. The summed E-state index contributed by atoms with van der Waals surface area (Å²) in [7, 11) is 2.35. The lowest BCUT2D eigenvalue weighted by Crippen LogP contribution is -2.48. The van der Waals surface area contributed by atoms with Crippen molar-refractivity contribution < 1.29 is 0 Å². The predicted molar refractivity (Wildman–Crippen MR) is 74.3 cm³/mol. The molecule has 0 bridgehead atoms. The van der Waals surface area contributed by atoms with Crippen molar-refractivity contribution in [2.24, 2.45) is 11.3 Å². The van der Waals surface area contributed by atoms with E-state index in [-0.39, 0.29) is 0 Å². The van der Waals surface area contributed by atoms with Gasteiger partial charge in [-0.15, -0.1) is 0 Å². The Labute approximate surface area is 107 Å². The Bertz CT molecular complexity index is 233. The van der Waals surface area contributed by atoms with Crippen molar-refractivity contribution in [3.05, 3.63) is 0 Å². The van der Waals surface area contributed by atoms with Crippen LogP contribution in [0, 0.1) is 11.3 Å². The minimum absolute atomic E-state index is 0.508. The summed E-state index contributed by atoms with van der Waals surface area (Å²) >= 11 is 0. The van der Waals surface area contributed by atoms with E-state index in [2.05, 4.69) is 31.1 Å². The quantitative estimate of drug-likeness (QED) is 0.813. The molecule has 17 heavy (non-hydrogen) atoms. The summed E-state index contributed by atoms with van der Waals surface area (Å²) in [6.45, 7) is 8.59. The predicted octanol–water partition coefficient (Wildman–Crippen LogP) is 2.89. The zero-order chi connectivity index (χ0) is 12.3. The molecular weight excluding hydrogens is 208 g/mol. The molecule has 1 saturated carbocycles. The highest BCUT2D eigenvalue weighted by Crippen LogP contribution is 2.31. The molecule has 1 saturated heterocycles. The molecule has 3 atom stereocenters. The fourth-order valence-electron chi connectivity index (χ4n) is 3.79. The highest BCUT2D eigenvalue weighted by molar-refractivity contribution is 4.86. The summed E-state index contributed by atoms with van der Waals surface area (Å²) in [6, 6.07) is 0.845. The molecule has 0 aromatic carbocycles. The van der Waals surface area contributed by atoms with Crippen molar-refractivity contribution in [2.75, 3.05) is 26.7 Å². The normalized spacial score (nSPS) is 39.5. The Morgan fingerprint density at radius 1 is 1.29 bits per heavy atom. The molecule has 2 heteroatoms. The first-order chi connectivity index (χ1) is 8.09. The lowest BCUT2D eigenvalue weighted by molar-refractivity contribution is 0.0921. The number of nitrogens with zero attached hydrogens (tertiary/aromatic N) is 1. The molecule has 100 valence electrons. The first-order valence-electron chi connectivity index (χ1n) is 7.50. The molecule has 1 aliphatic carbocycles. The number of rotatable bonds is 3. The van der Waals surface area contributed by atoms with Gasteiger partial charge in [0.2, 0.25) is 0 Å². The molecule has 0 radical (unpaired) electrons. The monoisotopic (exact) mass is 238 g/mol. The van der Waals surface area contributed by atoms with Crippen LogP contribution in [0.2, 0.25) is 0 Å². The van der Waals surface area contributed by atoms with E-state index in [0.717, 1.165) is 12.0 Å². The van der Waals surface area contributed by atoms with Gasteiger partial charge in [0.25, 0.3) is 0 Å². The second kappa shape index (κ2) is 5.71. The fourth-order valence-corrected chi connectivity index (χ4v) is 3.79. The SMILES string of the molecule is CC1CCCC(N(C)CC2(C)CCCNC2)C1. The van der Waals surface area contributed by atoms with Gasteiger partial charge in [-0.05, 0) is 50.6 Å². The van der Waals surface area contributed by atoms with Gasteiger partial charge in [0.15, 0.2) is 0 Å². The van der Waals surface area contributed by atoms with Crippen LogP contribution in [0.1, 0.15) is 52.4 Å². The molecule has 1 N–H and O–H groups in total. The average molecular weight is 238 g/mol.